The summed E-state index contributed by atoms with van der Waals surface area (Å²) in [4.78, 5) is 18.8. The van der Waals surface area contributed by atoms with E-state index in [9.17, 15) is 4.79 Å². The predicted molar refractivity (Wildman–Crippen MR) is 122 cm³/mol. The minimum absolute atomic E-state index is 0.0623. The van der Waals surface area contributed by atoms with E-state index in [1.54, 1.807) is 7.05 Å². The average Bonchev–Trinajstić information content (AvgIpc) is 3.26. The number of ether oxygens (including phenoxy) is 1. The van der Waals surface area contributed by atoms with E-state index < -0.39 is 0 Å². The zero-order valence-corrected chi connectivity index (χ0v) is 18.7. The highest BCUT2D eigenvalue weighted by molar-refractivity contribution is 5.80. The third kappa shape index (κ3) is 7.31. The van der Waals surface area contributed by atoms with Gasteiger partial charge in [0.1, 0.15) is 6.10 Å². The van der Waals surface area contributed by atoms with Crippen molar-refractivity contribution in [3.63, 3.8) is 0 Å². The summed E-state index contributed by atoms with van der Waals surface area (Å²) in [5.41, 5.74) is 2.79. The number of nitrogens with zero attached hydrogens (tertiary/aromatic N) is 2. The minimum atomic E-state index is -0.0623. The highest BCUT2D eigenvalue weighted by atomic mass is 16.5. The molecule has 2 aliphatic rings. The number of esters is 1. The molecule has 6 heteroatoms. The first-order valence-corrected chi connectivity index (χ1v) is 11.6. The number of guanidine groups is 1. The van der Waals surface area contributed by atoms with Crippen LogP contribution in [0, 0.1) is 6.92 Å². The van der Waals surface area contributed by atoms with Crippen molar-refractivity contribution in [3.8, 4) is 0 Å². The van der Waals surface area contributed by atoms with E-state index in [-0.39, 0.29) is 12.1 Å². The Kier molecular flexibility index (Phi) is 9.00. The topological polar surface area (TPSA) is 66.0 Å². The molecule has 0 atom stereocenters. The van der Waals surface area contributed by atoms with Crippen molar-refractivity contribution in [1.29, 1.82) is 0 Å². The van der Waals surface area contributed by atoms with Crippen LogP contribution < -0.4 is 10.6 Å². The fraction of sp³-hybridized carbons (Fsp3) is 0.667. The molecule has 6 nitrogen and oxygen atoms in total. The van der Waals surface area contributed by atoms with Gasteiger partial charge in [-0.1, -0.05) is 24.3 Å². The molecule has 1 heterocycles. The summed E-state index contributed by atoms with van der Waals surface area (Å²) >= 11 is 0. The number of nitrogens with one attached hydrogen (secondary N) is 2. The Labute approximate surface area is 181 Å². The van der Waals surface area contributed by atoms with Crippen LogP contribution in [-0.2, 0) is 16.1 Å². The van der Waals surface area contributed by atoms with Crippen molar-refractivity contribution in [2.45, 2.75) is 77.0 Å². The third-order valence-electron chi connectivity index (χ3n) is 6.26. The zero-order chi connectivity index (χ0) is 21.2. The zero-order valence-electron chi connectivity index (χ0n) is 18.7. The highest BCUT2D eigenvalue weighted by Gasteiger charge is 2.21. The summed E-state index contributed by atoms with van der Waals surface area (Å²) in [6, 6.07) is 9.09. The van der Waals surface area contributed by atoms with E-state index in [2.05, 4.69) is 51.7 Å². The highest BCUT2D eigenvalue weighted by Crippen LogP contribution is 2.21. The van der Waals surface area contributed by atoms with Gasteiger partial charge in [0.05, 0.1) is 0 Å². The quantitative estimate of drug-likeness (QED) is 0.295. The molecule has 1 saturated carbocycles. The molecular weight excluding hydrogens is 376 g/mol. The van der Waals surface area contributed by atoms with Crippen molar-refractivity contribution in [1.82, 2.24) is 15.5 Å². The Morgan fingerprint density at radius 3 is 2.60 bits per heavy atom. The van der Waals surface area contributed by atoms with Gasteiger partial charge in [-0.05, 0) is 63.0 Å². The second-order valence-corrected chi connectivity index (χ2v) is 8.62. The standard InChI is InChI=1S/C24H38N4O2/c1-19-8-3-4-9-20(19)18-28-16-13-21(14-17-28)27-24(25-2)26-15-7-12-23(29)30-22-10-5-6-11-22/h3-4,8-9,21-22H,5-7,10-18H2,1-2H3,(H2,25,26,27). The van der Waals surface area contributed by atoms with E-state index in [0.29, 0.717) is 12.5 Å². The van der Waals surface area contributed by atoms with Crippen molar-refractivity contribution in [3.05, 3.63) is 35.4 Å². The molecule has 0 unspecified atom stereocenters. The van der Waals surface area contributed by atoms with Crippen molar-refractivity contribution < 1.29 is 9.53 Å². The van der Waals surface area contributed by atoms with Crippen LogP contribution in [0.4, 0.5) is 0 Å². The predicted octanol–water partition coefficient (Wildman–Crippen LogP) is 3.39. The summed E-state index contributed by atoms with van der Waals surface area (Å²) in [7, 11) is 1.80. The van der Waals surface area contributed by atoms with Crippen LogP contribution in [0.25, 0.3) is 0 Å². The Balaban J connectivity index is 1.29. The van der Waals surface area contributed by atoms with Crippen LogP contribution in [0.5, 0.6) is 0 Å². The number of rotatable bonds is 8. The Morgan fingerprint density at radius 2 is 1.90 bits per heavy atom. The van der Waals surface area contributed by atoms with E-state index in [0.717, 1.165) is 64.2 Å². The maximum Gasteiger partial charge on any atom is 0.306 e. The van der Waals surface area contributed by atoms with Gasteiger partial charge in [-0.25, -0.2) is 0 Å². The van der Waals surface area contributed by atoms with Gasteiger partial charge in [0.25, 0.3) is 0 Å². The molecule has 1 aromatic carbocycles. The molecule has 1 aliphatic carbocycles. The van der Waals surface area contributed by atoms with Gasteiger partial charge in [-0.3, -0.25) is 14.7 Å². The second kappa shape index (κ2) is 11.9. The summed E-state index contributed by atoms with van der Waals surface area (Å²) in [6.45, 7) is 6.13. The summed E-state index contributed by atoms with van der Waals surface area (Å²) in [6.07, 6.45) is 8.06. The van der Waals surface area contributed by atoms with Crippen LogP contribution in [0.1, 0.15) is 62.5 Å². The lowest BCUT2D eigenvalue weighted by Crippen LogP contribution is -2.48. The maximum atomic E-state index is 11.9. The summed E-state index contributed by atoms with van der Waals surface area (Å²) in [5, 5.41) is 6.89. The molecule has 1 aromatic rings. The molecule has 3 rings (SSSR count). The third-order valence-corrected chi connectivity index (χ3v) is 6.26. The fourth-order valence-electron chi connectivity index (χ4n) is 4.34. The van der Waals surface area contributed by atoms with E-state index in [1.807, 2.05) is 0 Å². The number of hydrogen-bond donors (Lipinski definition) is 2. The molecule has 2 N–H and O–H groups in total. The number of aryl methyl sites for hydroxylation is 1. The number of hydrogen-bond acceptors (Lipinski definition) is 4. The first kappa shape index (κ1) is 22.6. The van der Waals surface area contributed by atoms with Crippen LogP contribution in [0.15, 0.2) is 29.3 Å². The molecule has 1 saturated heterocycles. The number of carbonyl (C=O) groups excluding carboxylic acids is 1. The largest absolute Gasteiger partial charge is 0.462 e. The SMILES string of the molecule is CN=C(NCCCC(=O)OC1CCCC1)NC1CCN(Cc2ccccc2C)CC1. The van der Waals surface area contributed by atoms with Crippen molar-refractivity contribution in [2.75, 3.05) is 26.7 Å². The smallest absolute Gasteiger partial charge is 0.306 e. The monoisotopic (exact) mass is 414 g/mol. The van der Waals surface area contributed by atoms with Gasteiger partial charge < -0.3 is 15.4 Å². The van der Waals surface area contributed by atoms with Gasteiger partial charge in [-0.2, -0.15) is 0 Å². The molecule has 0 radical (unpaired) electrons. The van der Waals surface area contributed by atoms with E-state index >= 15 is 0 Å². The summed E-state index contributed by atoms with van der Waals surface area (Å²) < 4.78 is 5.51. The van der Waals surface area contributed by atoms with Gasteiger partial charge in [0, 0.05) is 45.7 Å². The average molecular weight is 415 g/mol. The molecule has 0 amide bonds. The van der Waals surface area contributed by atoms with Crippen molar-refractivity contribution in [2.24, 2.45) is 4.99 Å². The lowest BCUT2D eigenvalue weighted by molar-refractivity contribution is -0.148. The molecule has 0 aromatic heterocycles. The molecule has 1 aliphatic heterocycles. The molecular formula is C24H38N4O2. The summed E-state index contributed by atoms with van der Waals surface area (Å²) in [5.74, 6) is 0.768. The van der Waals surface area contributed by atoms with Crippen LogP contribution in [0.3, 0.4) is 0 Å². The molecule has 166 valence electrons. The Morgan fingerprint density at radius 1 is 1.17 bits per heavy atom. The second-order valence-electron chi connectivity index (χ2n) is 8.62. The Hall–Kier alpha value is -2.08. The molecule has 30 heavy (non-hydrogen) atoms. The number of carbonyl (C=O) groups is 1. The fourth-order valence-corrected chi connectivity index (χ4v) is 4.34. The van der Waals surface area contributed by atoms with E-state index in [1.165, 1.54) is 24.0 Å². The lowest BCUT2D eigenvalue weighted by Gasteiger charge is -2.33. The number of benzene rings is 1. The van der Waals surface area contributed by atoms with E-state index in [4.69, 9.17) is 4.74 Å². The first-order chi connectivity index (χ1) is 14.6. The minimum Gasteiger partial charge on any atom is -0.462 e. The molecule has 0 spiro atoms. The van der Waals surface area contributed by atoms with Crippen LogP contribution >= 0.6 is 0 Å². The van der Waals surface area contributed by atoms with Gasteiger partial charge >= 0.3 is 5.97 Å². The lowest BCUT2D eigenvalue weighted by atomic mass is 10.0. The normalized spacial score (nSPS) is 19.1. The number of aliphatic imine (C=N–C) groups is 1. The Bertz CT molecular complexity index is 692. The maximum absolute atomic E-state index is 11.9. The van der Waals surface area contributed by atoms with Crippen molar-refractivity contribution >= 4 is 11.9 Å². The molecule has 2 fully saturated rings. The number of likely N-dealkylation sites (tertiary alicyclic amines) is 1. The molecule has 0 bridgehead atoms. The van der Waals surface area contributed by atoms with Gasteiger partial charge in [0.15, 0.2) is 5.96 Å². The first-order valence-electron chi connectivity index (χ1n) is 11.6. The van der Waals surface area contributed by atoms with Gasteiger partial charge in [-0.15, -0.1) is 0 Å². The van der Waals surface area contributed by atoms with Crippen LogP contribution in [0.2, 0.25) is 0 Å². The number of piperidine rings is 1. The van der Waals surface area contributed by atoms with Crippen LogP contribution in [-0.4, -0.2) is 55.7 Å². The van der Waals surface area contributed by atoms with Gasteiger partial charge in [0.2, 0.25) is 0 Å².